The Balaban J connectivity index is 1.56. The summed E-state index contributed by atoms with van der Waals surface area (Å²) in [6.07, 6.45) is 5.45. The van der Waals surface area contributed by atoms with E-state index in [4.69, 9.17) is 25.8 Å². The summed E-state index contributed by atoms with van der Waals surface area (Å²) in [6.45, 7) is 7.86. The molecule has 1 fully saturated rings. The van der Waals surface area contributed by atoms with Crippen molar-refractivity contribution in [1.82, 2.24) is 4.90 Å². The van der Waals surface area contributed by atoms with Gasteiger partial charge in [0.15, 0.2) is 0 Å². The number of hydrogen-bond acceptors (Lipinski definition) is 6. The average molecular weight is 677 g/mol. The smallest absolute Gasteiger partial charge is 0.261 e. The van der Waals surface area contributed by atoms with Crippen LogP contribution in [0.1, 0.15) is 75.2 Å². The van der Waals surface area contributed by atoms with E-state index in [0.717, 1.165) is 60.8 Å². The van der Waals surface area contributed by atoms with Gasteiger partial charge in [0.2, 0.25) is 5.91 Å². The Kier molecular flexibility index (Phi) is 14.3. The molecule has 1 saturated carbocycles. The van der Waals surface area contributed by atoms with Gasteiger partial charge in [-0.05, 0) is 85.4 Å². The summed E-state index contributed by atoms with van der Waals surface area (Å²) in [6, 6.07) is 12.1. The minimum Gasteiger partial charge on any atom is -0.491 e. The molecule has 0 saturated heterocycles. The highest BCUT2D eigenvalue weighted by molar-refractivity contribution is 6.30. The van der Waals surface area contributed by atoms with Crippen LogP contribution in [-0.4, -0.2) is 81.6 Å². The number of nitrogens with zero attached hydrogens (tertiary/aromatic N) is 2. The van der Waals surface area contributed by atoms with Crippen molar-refractivity contribution in [2.75, 3.05) is 58.0 Å². The number of alkyl halides is 2. The molecule has 1 aliphatic carbocycles. The average Bonchev–Trinajstić information content (AvgIpc) is 3.19. The van der Waals surface area contributed by atoms with Crippen LogP contribution in [0.3, 0.4) is 0 Å². The standard InChI is InChI=1S/C37H51ClF2N2O5/c1-5-8-28-19-31(38)12-14-32(28)30-22-42(34-20-27(25(2)43)11-15-36(34)47-23-30)21-29-10-13-33(29)35(46-18-17-45-24-37(39)40)9-6-7-16-41(4)26(3)44/h6,9,11-12,14-15,19-20,25,29-30,33,35,37,43H,5,7-8,10,13,16-18,21-24H2,1-4H3/b9-6+. The van der Waals surface area contributed by atoms with E-state index in [2.05, 4.69) is 36.1 Å². The van der Waals surface area contributed by atoms with Crippen LogP contribution in [0.25, 0.3) is 0 Å². The number of aliphatic hydroxyl groups excluding tert-OH is 1. The molecule has 2 aliphatic rings. The van der Waals surface area contributed by atoms with Crippen LogP contribution in [0, 0.1) is 11.8 Å². The maximum atomic E-state index is 12.6. The van der Waals surface area contributed by atoms with Crippen LogP contribution in [0.4, 0.5) is 14.5 Å². The topological polar surface area (TPSA) is 71.5 Å². The predicted octanol–water partition coefficient (Wildman–Crippen LogP) is 7.45. The maximum Gasteiger partial charge on any atom is 0.261 e. The van der Waals surface area contributed by atoms with Crippen molar-refractivity contribution in [2.24, 2.45) is 11.8 Å². The Hall–Kier alpha value is -2.72. The first-order valence-electron chi connectivity index (χ1n) is 16.9. The molecule has 0 aromatic heterocycles. The second-order valence-electron chi connectivity index (χ2n) is 12.9. The van der Waals surface area contributed by atoms with E-state index in [1.807, 2.05) is 24.3 Å². The normalized spacial score (nSPS) is 20.8. The number of benzene rings is 2. The van der Waals surface area contributed by atoms with Gasteiger partial charge >= 0.3 is 0 Å². The summed E-state index contributed by atoms with van der Waals surface area (Å²) in [4.78, 5) is 15.7. The van der Waals surface area contributed by atoms with E-state index < -0.39 is 19.1 Å². The summed E-state index contributed by atoms with van der Waals surface area (Å²) in [7, 11) is 1.78. The molecule has 7 nitrogen and oxygen atoms in total. The number of rotatable bonds is 17. The Bertz CT molecular complexity index is 1330. The largest absolute Gasteiger partial charge is 0.491 e. The molecule has 5 unspecified atom stereocenters. The molecule has 0 radical (unpaired) electrons. The van der Waals surface area contributed by atoms with Crippen LogP contribution in [0.5, 0.6) is 5.75 Å². The number of aryl methyl sites for hydroxylation is 1. The number of halogens is 3. The molecule has 0 spiro atoms. The number of hydrogen-bond donors (Lipinski definition) is 1. The molecule has 4 rings (SSSR count). The van der Waals surface area contributed by atoms with Gasteiger partial charge in [0, 0.05) is 44.5 Å². The zero-order valence-corrected chi connectivity index (χ0v) is 28.9. The molecular weight excluding hydrogens is 626 g/mol. The lowest BCUT2D eigenvalue weighted by molar-refractivity contribution is -0.127. The molecule has 2 aromatic carbocycles. The molecule has 5 atom stereocenters. The molecule has 1 N–H and O–H groups in total. The van der Waals surface area contributed by atoms with Crippen LogP contribution in [0.2, 0.25) is 5.02 Å². The van der Waals surface area contributed by atoms with Gasteiger partial charge in [0.25, 0.3) is 6.43 Å². The fourth-order valence-corrected chi connectivity index (χ4v) is 6.72. The lowest BCUT2D eigenvalue weighted by Crippen LogP contribution is -2.45. The first-order chi connectivity index (χ1) is 22.6. The van der Waals surface area contributed by atoms with E-state index in [1.165, 1.54) is 11.1 Å². The third kappa shape index (κ3) is 10.6. The maximum absolute atomic E-state index is 12.6. The fraction of sp³-hybridized carbons (Fsp3) is 0.595. The van der Waals surface area contributed by atoms with Crippen LogP contribution < -0.4 is 9.64 Å². The van der Waals surface area contributed by atoms with Gasteiger partial charge in [-0.1, -0.05) is 49.2 Å². The first-order valence-corrected chi connectivity index (χ1v) is 17.3. The summed E-state index contributed by atoms with van der Waals surface area (Å²) >= 11 is 6.41. The molecule has 0 bridgehead atoms. The number of anilines is 1. The van der Waals surface area contributed by atoms with E-state index in [0.29, 0.717) is 25.5 Å². The Morgan fingerprint density at radius 1 is 1.21 bits per heavy atom. The van der Waals surface area contributed by atoms with Crippen molar-refractivity contribution in [3.8, 4) is 5.75 Å². The monoisotopic (exact) mass is 676 g/mol. The van der Waals surface area contributed by atoms with Gasteiger partial charge < -0.3 is 29.1 Å². The van der Waals surface area contributed by atoms with Crippen molar-refractivity contribution in [1.29, 1.82) is 0 Å². The lowest BCUT2D eigenvalue weighted by Gasteiger charge is -2.44. The fourth-order valence-electron chi connectivity index (χ4n) is 6.52. The number of carbonyl (C=O) groups excluding carboxylic acids is 1. The third-order valence-corrected chi connectivity index (χ3v) is 9.62. The van der Waals surface area contributed by atoms with Gasteiger partial charge in [-0.2, -0.15) is 0 Å². The predicted molar refractivity (Wildman–Crippen MR) is 183 cm³/mol. The molecular formula is C37H51ClF2N2O5. The van der Waals surface area contributed by atoms with Gasteiger partial charge in [-0.3, -0.25) is 4.79 Å². The number of ether oxygens (including phenoxy) is 3. The van der Waals surface area contributed by atoms with Gasteiger partial charge in [-0.25, -0.2) is 8.78 Å². The van der Waals surface area contributed by atoms with E-state index in [-0.39, 0.29) is 37.1 Å². The minimum absolute atomic E-state index is 0.0145. The molecule has 260 valence electrons. The quantitative estimate of drug-likeness (QED) is 0.139. The summed E-state index contributed by atoms with van der Waals surface area (Å²) in [5, 5.41) is 11.2. The van der Waals surface area contributed by atoms with Crippen molar-refractivity contribution < 1.29 is 32.9 Å². The number of amides is 1. The zero-order valence-electron chi connectivity index (χ0n) is 28.2. The van der Waals surface area contributed by atoms with Gasteiger partial charge in [0.1, 0.15) is 12.4 Å². The number of carbonyl (C=O) groups is 1. The van der Waals surface area contributed by atoms with Gasteiger partial charge in [-0.15, -0.1) is 0 Å². The van der Waals surface area contributed by atoms with Crippen LogP contribution >= 0.6 is 11.6 Å². The summed E-state index contributed by atoms with van der Waals surface area (Å²) in [5.41, 5.74) is 4.30. The molecule has 1 amide bonds. The van der Waals surface area contributed by atoms with Crippen molar-refractivity contribution in [3.05, 3.63) is 70.3 Å². The third-order valence-electron chi connectivity index (χ3n) is 9.38. The second-order valence-corrected chi connectivity index (χ2v) is 13.3. The summed E-state index contributed by atoms with van der Waals surface area (Å²) < 4.78 is 43.0. The van der Waals surface area contributed by atoms with Crippen molar-refractivity contribution in [2.45, 2.75) is 77.4 Å². The Morgan fingerprint density at radius 3 is 2.70 bits per heavy atom. The number of fused-ring (bicyclic) bond motifs is 1. The van der Waals surface area contributed by atoms with Gasteiger partial charge in [0.05, 0.1) is 37.7 Å². The number of aliphatic hydroxyl groups is 1. The van der Waals surface area contributed by atoms with E-state index in [1.54, 1.807) is 25.8 Å². The highest BCUT2D eigenvalue weighted by Gasteiger charge is 2.39. The van der Waals surface area contributed by atoms with Crippen LogP contribution in [-0.2, 0) is 20.7 Å². The van der Waals surface area contributed by atoms with E-state index >= 15 is 0 Å². The highest BCUT2D eigenvalue weighted by Crippen LogP contribution is 2.43. The molecule has 2 aromatic rings. The summed E-state index contributed by atoms with van der Waals surface area (Å²) in [5.74, 6) is 1.47. The molecule has 47 heavy (non-hydrogen) atoms. The molecule has 1 heterocycles. The molecule has 1 aliphatic heterocycles. The Morgan fingerprint density at radius 2 is 2.02 bits per heavy atom. The lowest BCUT2D eigenvalue weighted by atomic mass is 9.70. The Labute approximate surface area is 283 Å². The van der Waals surface area contributed by atoms with E-state index in [9.17, 15) is 18.7 Å². The second kappa shape index (κ2) is 18.2. The minimum atomic E-state index is -2.51. The zero-order chi connectivity index (χ0) is 33.9. The van der Waals surface area contributed by atoms with Crippen molar-refractivity contribution in [3.63, 3.8) is 0 Å². The van der Waals surface area contributed by atoms with Crippen molar-refractivity contribution >= 4 is 23.2 Å². The SMILES string of the molecule is CCCc1cc(Cl)ccc1C1COc2ccc(C(C)O)cc2N(CC2CCC2C(/C=C/CCN(C)C(C)=O)OCCOCC(F)F)C1. The highest BCUT2D eigenvalue weighted by atomic mass is 35.5. The molecule has 10 heteroatoms. The van der Waals surface area contributed by atoms with Crippen LogP contribution in [0.15, 0.2) is 48.6 Å². The first kappa shape index (κ1) is 37.1.